The number of rotatable bonds is 3. The minimum atomic E-state index is -0.678. The Morgan fingerprint density at radius 2 is 2.15 bits per heavy atom. The first kappa shape index (κ1) is 14.9. The zero-order chi connectivity index (χ0) is 14.9. The topological polar surface area (TPSA) is 49.8 Å². The lowest BCUT2D eigenvalue weighted by molar-refractivity contribution is -0.0394. The fourth-order valence-electron chi connectivity index (χ4n) is 2.37. The Morgan fingerprint density at radius 3 is 2.75 bits per heavy atom. The highest BCUT2D eigenvalue weighted by molar-refractivity contribution is 5.94. The van der Waals surface area contributed by atoms with Gasteiger partial charge in [0.25, 0.3) is 5.91 Å². The van der Waals surface area contributed by atoms with E-state index in [1.807, 2.05) is 13.8 Å². The molecular formula is C15H20FNO3. The summed E-state index contributed by atoms with van der Waals surface area (Å²) in [7, 11) is 0. The van der Waals surface area contributed by atoms with Crippen molar-refractivity contribution in [2.24, 2.45) is 0 Å². The summed E-state index contributed by atoms with van der Waals surface area (Å²) in [6.07, 6.45) is -1.04. The Hall–Kier alpha value is -1.46. The highest BCUT2D eigenvalue weighted by Crippen LogP contribution is 2.19. The van der Waals surface area contributed by atoms with E-state index < -0.39 is 6.10 Å². The predicted molar refractivity (Wildman–Crippen MR) is 73.1 cm³/mol. The van der Waals surface area contributed by atoms with Gasteiger partial charge in [-0.2, -0.15) is 0 Å². The smallest absolute Gasteiger partial charge is 0.254 e. The highest BCUT2D eigenvalue weighted by atomic mass is 19.1. The maximum atomic E-state index is 13.2. The number of hydrogen-bond acceptors (Lipinski definition) is 3. The number of halogens is 1. The van der Waals surface area contributed by atoms with E-state index in [2.05, 4.69) is 0 Å². The van der Waals surface area contributed by atoms with Gasteiger partial charge in [-0.1, -0.05) is 0 Å². The number of hydrogen-bond donors (Lipinski definition) is 1. The van der Waals surface area contributed by atoms with Crippen molar-refractivity contribution < 1.29 is 19.0 Å². The molecule has 0 bridgehead atoms. The SMILES string of the molecule is Cc1cc(C(=O)N2C[C@H](OC(C)C)[C@@H](O)C2)ccc1F. The molecule has 1 amide bonds. The van der Waals surface area contributed by atoms with E-state index in [0.717, 1.165) is 0 Å². The standard InChI is InChI=1S/C15H20FNO3/c1-9(2)20-14-8-17(7-13(14)18)15(19)11-4-5-12(16)10(3)6-11/h4-6,9,13-14,18H,7-8H2,1-3H3/t13-,14-/m0/s1. The van der Waals surface area contributed by atoms with Gasteiger partial charge in [0, 0.05) is 18.7 Å². The summed E-state index contributed by atoms with van der Waals surface area (Å²) in [6.45, 7) is 6.00. The van der Waals surface area contributed by atoms with Crippen LogP contribution < -0.4 is 0 Å². The number of aliphatic hydroxyl groups is 1. The summed E-state index contributed by atoms with van der Waals surface area (Å²) in [6, 6.07) is 4.28. The van der Waals surface area contributed by atoms with Gasteiger partial charge in [-0.25, -0.2) is 4.39 Å². The van der Waals surface area contributed by atoms with Crippen molar-refractivity contribution >= 4 is 5.91 Å². The molecule has 1 saturated heterocycles. The van der Waals surface area contributed by atoms with E-state index in [9.17, 15) is 14.3 Å². The van der Waals surface area contributed by atoms with Gasteiger partial charge < -0.3 is 14.7 Å². The van der Waals surface area contributed by atoms with Crippen LogP contribution in [-0.4, -0.2) is 47.3 Å². The maximum absolute atomic E-state index is 13.2. The minimum Gasteiger partial charge on any atom is -0.388 e. The molecule has 0 unspecified atom stereocenters. The van der Waals surface area contributed by atoms with Crippen molar-refractivity contribution in [3.63, 3.8) is 0 Å². The van der Waals surface area contributed by atoms with E-state index in [0.29, 0.717) is 17.7 Å². The summed E-state index contributed by atoms with van der Waals surface area (Å²) >= 11 is 0. The third-order valence-corrected chi connectivity index (χ3v) is 3.38. The minimum absolute atomic E-state index is 0.00207. The van der Waals surface area contributed by atoms with Gasteiger partial charge in [0.1, 0.15) is 11.9 Å². The van der Waals surface area contributed by atoms with Crippen molar-refractivity contribution in [2.45, 2.75) is 39.1 Å². The number of amides is 1. The molecule has 0 saturated carbocycles. The third-order valence-electron chi connectivity index (χ3n) is 3.38. The van der Waals surface area contributed by atoms with Crippen LogP contribution in [0, 0.1) is 12.7 Å². The van der Waals surface area contributed by atoms with E-state index in [-0.39, 0.29) is 30.5 Å². The second-order valence-electron chi connectivity index (χ2n) is 5.46. The van der Waals surface area contributed by atoms with Crippen LogP contribution in [0.25, 0.3) is 0 Å². The number of β-amino-alcohol motifs (C(OH)–C–C–N with tert-alkyl or cyclic N) is 1. The average Bonchev–Trinajstić information content (AvgIpc) is 2.73. The van der Waals surface area contributed by atoms with Crippen LogP contribution in [0.4, 0.5) is 4.39 Å². The predicted octanol–water partition coefficient (Wildman–Crippen LogP) is 1.74. The van der Waals surface area contributed by atoms with Crippen molar-refractivity contribution in [1.29, 1.82) is 0 Å². The Bertz CT molecular complexity index is 504. The van der Waals surface area contributed by atoms with Crippen LogP contribution >= 0.6 is 0 Å². The van der Waals surface area contributed by atoms with Crippen molar-refractivity contribution in [1.82, 2.24) is 4.90 Å². The lowest BCUT2D eigenvalue weighted by Crippen LogP contribution is -2.31. The summed E-state index contributed by atoms with van der Waals surface area (Å²) in [5.74, 6) is -0.536. The Kier molecular flexibility index (Phi) is 4.40. The van der Waals surface area contributed by atoms with Crippen molar-refractivity contribution in [3.05, 3.63) is 35.1 Å². The summed E-state index contributed by atoms with van der Waals surface area (Å²) in [5, 5.41) is 9.92. The van der Waals surface area contributed by atoms with Crippen LogP contribution in [0.1, 0.15) is 29.8 Å². The number of carbonyl (C=O) groups excluding carboxylic acids is 1. The molecule has 4 nitrogen and oxygen atoms in total. The Labute approximate surface area is 118 Å². The van der Waals surface area contributed by atoms with E-state index in [4.69, 9.17) is 4.74 Å². The second-order valence-corrected chi connectivity index (χ2v) is 5.46. The molecule has 5 heteroatoms. The lowest BCUT2D eigenvalue weighted by atomic mass is 10.1. The Balaban J connectivity index is 2.08. The molecule has 1 heterocycles. The summed E-state index contributed by atoms with van der Waals surface area (Å²) in [4.78, 5) is 13.9. The first-order chi connectivity index (χ1) is 9.38. The number of nitrogens with zero attached hydrogens (tertiary/aromatic N) is 1. The first-order valence-electron chi connectivity index (χ1n) is 6.77. The monoisotopic (exact) mass is 281 g/mol. The van der Waals surface area contributed by atoms with Gasteiger partial charge in [-0.15, -0.1) is 0 Å². The molecule has 20 heavy (non-hydrogen) atoms. The van der Waals surface area contributed by atoms with Crippen LogP contribution in [0.5, 0.6) is 0 Å². The number of aliphatic hydroxyl groups excluding tert-OH is 1. The normalized spacial score (nSPS) is 22.6. The molecule has 0 radical (unpaired) electrons. The van der Waals surface area contributed by atoms with Crippen LogP contribution in [0.3, 0.4) is 0 Å². The van der Waals surface area contributed by atoms with Gasteiger partial charge in [0.15, 0.2) is 0 Å². The van der Waals surface area contributed by atoms with E-state index >= 15 is 0 Å². The zero-order valence-electron chi connectivity index (χ0n) is 12.0. The van der Waals surface area contributed by atoms with Gasteiger partial charge >= 0.3 is 0 Å². The molecule has 2 atom stereocenters. The summed E-state index contributed by atoms with van der Waals surface area (Å²) in [5.41, 5.74) is 0.867. The molecule has 0 aliphatic carbocycles. The largest absolute Gasteiger partial charge is 0.388 e. The lowest BCUT2D eigenvalue weighted by Gasteiger charge is -2.18. The molecule has 0 spiro atoms. The Morgan fingerprint density at radius 1 is 1.45 bits per heavy atom. The van der Waals surface area contributed by atoms with Crippen LogP contribution in [0.15, 0.2) is 18.2 Å². The van der Waals surface area contributed by atoms with E-state index in [1.54, 1.807) is 11.8 Å². The number of ether oxygens (including phenoxy) is 1. The first-order valence-corrected chi connectivity index (χ1v) is 6.77. The van der Waals surface area contributed by atoms with Gasteiger partial charge in [0.2, 0.25) is 0 Å². The van der Waals surface area contributed by atoms with Crippen LogP contribution in [-0.2, 0) is 4.74 Å². The van der Waals surface area contributed by atoms with Gasteiger partial charge in [0.05, 0.1) is 12.2 Å². The average molecular weight is 281 g/mol. The molecule has 1 aromatic rings. The third kappa shape index (κ3) is 3.16. The molecular weight excluding hydrogens is 261 g/mol. The maximum Gasteiger partial charge on any atom is 0.254 e. The number of carbonyl (C=O) groups is 1. The summed E-state index contributed by atoms with van der Waals surface area (Å²) < 4.78 is 18.8. The highest BCUT2D eigenvalue weighted by Gasteiger charge is 2.35. The van der Waals surface area contributed by atoms with E-state index in [1.165, 1.54) is 18.2 Å². The molecule has 1 fully saturated rings. The molecule has 1 aliphatic heterocycles. The second kappa shape index (κ2) is 5.89. The number of likely N-dealkylation sites (tertiary alicyclic amines) is 1. The van der Waals surface area contributed by atoms with Crippen LogP contribution in [0.2, 0.25) is 0 Å². The fourth-order valence-corrected chi connectivity index (χ4v) is 2.37. The zero-order valence-corrected chi connectivity index (χ0v) is 12.0. The molecule has 0 aromatic heterocycles. The quantitative estimate of drug-likeness (QED) is 0.918. The molecule has 1 aromatic carbocycles. The molecule has 110 valence electrons. The molecule has 1 N–H and O–H groups in total. The number of aryl methyl sites for hydroxylation is 1. The number of benzene rings is 1. The van der Waals surface area contributed by atoms with Gasteiger partial charge in [-0.05, 0) is 44.5 Å². The molecule has 2 rings (SSSR count). The molecule has 1 aliphatic rings. The van der Waals surface area contributed by atoms with Gasteiger partial charge in [-0.3, -0.25) is 4.79 Å². The van der Waals surface area contributed by atoms with Crippen molar-refractivity contribution in [3.8, 4) is 0 Å². The fraction of sp³-hybridized carbons (Fsp3) is 0.533. The van der Waals surface area contributed by atoms with Crippen molar-refractivity contribution in [2.75, 3.05) is 13.1 Å².